The van der Waals surface area contributed by atoms with Crippen LogP contribution in [0.2, 0.25) is 0 Å². The zero-order valence-electron chi connectivity index (χ0n) is 18.8. The van der Waals surface area contributed by atoms with Crippen molar-refractivity contribution in [2.24, 2.45) is 12.8 Å². The Kier molecular flexibility index (Phi) is 5.37. The molecule has 9 heteroatoms. The maximum atomic E-state index is 15.0. The molecule has 0 atom stereocenters. The van der Waals surface area contributed by atoms with Crippen molar-refractivity contribution >= 4 is 16.7 Å². The SMILES string of the molecule is Cn1cc(-c2cccc(-n3ncc4cc(C(C)(C)C)cc(F)c4c3=O)c2CO)nc1C(N)=O. The second kappa shape index (κ2) is 7.93. The summed E-state index contributed by atoms with van der Waals surface area (Å²) in [5, 5.41) is 14.7. The van der Waals surface area contributed by atoms with Crippen LogP contribution in [0.15, 0.2) is 47.5 Å². The predicted octanol–water partition coefficient (Wildman–Crippen LogP) is 2.81. The van der Waals surface area contributed by atoms with Gasteiger partial charge in [-0.15, -0.1) is 0 Å². The van der Waals surface area contributed by atoms with E-state index in [1.807, 2.05) is 20.8 Å². The Balaban J connectivity index is 1.94. The maximum Gasteiger partial charge on any atom is 0.284 e. The van der Waals surface area contributed by atoms with Crippen molar-refractivity contribution in [3.63, 3.8) is 0 Å². The van der Waals surface area contributed by atoms with Gasteiger partial charge < -0.3 is 15.4 Å². The Hall–Kier alpha value is -3.85. The van der Waals surface area contributed by atoms with Gasteiger partial charge >= 0.3 is 0 Å². The summed E-state index contributed by atoms with van der Waals surface area (Å²) in [5.41, 5.74) is 6.70. The summed E-state index contributed by atoms with van der Waals surface area (Å²) in [6, 6.07) is 8.11. The second-order valence-electron chi connectivity index (χ2n) is 8.92. The number of fused-ring (bicyclic) bond motifs is 1. The highest BCUT2D eigenvalue weighted by Crippen LogP contribution is 2.29. The molecule has 0 aliphatic heterocycles. The van der Waals surface area contributed by atoms with Crippen molar-refractivity contribution in [1.29, 1.82) is 0 Å². The van der Waals surface area contributed by atoms with Gasteiger partial charge in [-0.2, -0.15) is 9.78 Å². The molecule has 0 unspecified atom stereocenters. The first-order chi connectivity index (χ1) is 15.5. The van der Waals surface area contributed by atoms with Crippen LogP contribution < -0.4 is 11.3 Å². The molecule has 0 bridgehead atoms. The average Bonchev–Trinajstić information content (AvgIpc) is 3.14. The fourth-order valence-electron chi connectivity index (χ4n) is 3.84. The molecular weight excluding hydrogens is 425 g/mol. The summed E-state index contributed by atoms with van der Waals surface area (Å²) in [6.07, 6.45) is 3.04. The van der Waals surface area contributed by atoms with Crippen molar-refractivity contribution in [3.8, 4) is 16.9 Å². The van der Waals surface area contributed by atoms with Crippen molar-refractivity contribution in [2.45, 2.75) is 32.8 Å². The lowest BCUT2D eigenvalue weighted by Gasteiger charge is -2.20. The van der Waals surface area contributed by atoms with E-state index in [9.17, 15) is 14.7 Å². The smallest absolute Gasteiger partial charge is 0.284 e. The molecule has 2 aromatic carbocycles. The molecule has 0 aliphatic carbocycles. The Morgan fingerprint density at radius 3 is 2.58 bits per heavy atom. The number of rotatable bonds is 4. The van der Waals surface area contributed by atoms with Gasteiger partial charge in [0, 0.05) is 29.8 Å². The van der Waals surface area contributed by atoms with Crippen LogP contribution in [0.1, 0.15) is 42.5 Å². The summed E-state index contributed by atoms with van der Waals surface area (Å²) >= 11 is 0. The van der Waals surface area contributed by atoms with Crippen molar-refractivity contribution < 1.29 is 14.3 Å². The number of aromatic nitrogens is 4. The minimum Gasteiger partial charge on any atom is -0.392 e. The van der Waals surface area contributed by atoms with Crippen LogP contribution in [0.25, 0.3) is 27.7 Å². The number of aliphatic hydroxyl groups is 1. The third kappa shape index (κ3) is 3.80. The van der Waals surface area contributed by atoms with Gasteiger partial charge in [0.2, 0.25) is 0 Å². The monoisotopic (exact) mass is 449 g/mol. The van der Waals surface area contributed by atoms with E-state index < -0.39 is 23.9 Å². The van der Waals surface area contributed by atoms with Crippen molar-refractivity contribution in [2.75, 3.05) is 0 Å². The molecule has 0 saturated heterocycles. The van der Waals surface area contributed by atoms with Crippen LogP contribution in [0, 0.1) is 5.82 Å². The fraction of sp³-hybridized carbons (Fsp3) is 0.250. The number of carbonyl (C=O) groups is 1. The molecule has 0 spiro atoms. The highest BCUT2D eigenvalue weighted by Gasteiger charge is 2.21. The Morgan fingerprint density at radius 1 is 1.24 bits per heavy atom. The average molecular weight is 449 g/mol. The van der Waals surface area contributed by atoms with E-state index in [4.69, 9.17) is 5.73 Å². The van der Waals surface area contributed by atoms with Gasteiger partial charge in [-0.1, -0.05) is 32.9 Å². The number of imidazole rings is 1. The standard InChI is InChI=1S/C24H24FN5O3/c1-24(2,3)14-8-13-10-27-30(23(33)20(13)17(25)9-14)19-7-5-6-15(16(19)12-31)18-11-29(4)22(28-18)21(26)32/h5-11,31H,12H2,1-4H3,(H2,26,32). The van der Waals surface area contributed by atoms with Crippen LogP contribution in [0.5, 0.6) is 0 Å². The molecule has 1 amide bonds. The summed E-state index contributed by atoms with van der Waals surface area (Å²) in [5.74, 6) is -1.27. The Labute approximate surface area is 189 Å². The molecule has 3 N–H and O–H groups in total. The second-order valence-corrected chi connectivity index (χ2v) is 8.92. The van der Waals surface area contributed by atoms with E-state index >= 15 is 4.39 Å². The first-order valence-corrected chi connectivity index (χ1v) is 10.3. The van der Waals surface area contributed by atoms with Gasteiger partial charge in [-0.25, -0.2) is 9.37 Å². The van der Waals surface area contributed by atoms with E-state index in [0.29, 0.717) is 22.2 Å². The normalized spacial score (nSPS) is 11.8. The lowest BCUT2D eigenvalue weighted by atomic mass is 9.86. The molecule has 8 nitrogen and oxygen atoms in total. The van der Waals surface area contributed by atoms with Gasteiger partial charge in [0.1, 0.15) is 5.82 Å². The molecule has 0 aliphatic rings. The Morgan fingerprint density at radius 2 is 1.97 bits per heavy atom. The van der Waals surface area contributed by atoms with E-state index in [1.54, 1.807) is 37.5 Å². The van der Waals surface area contributed by atoms with E-state index in [2.05, 4.69) is 10.1 Å². The number of carbonyl (C=O) groups excluding carboxylic acids is 1. The van der Waals surface area contributed by atoms with Crippen LogP contribution in [-0.4, -0.2) is 30.3 Å². The molecular formula is C24H24FN5O3. The minimum absolute atomic E-state index is 0.0528. The number of primary amides is 1. The van der Waals surface area contributed by atoms with Gasteiger partial charge in [0.15, 0.2) is 5.82 Å². The zero-order valence-corrected chi connectivity index (χ0v) is 18.8. The van der Waals surface area contributed by atoms with Gasteiger partial charge in [-0.05, 0) is 29.2 Å². The van der Waals surface area contributed by atoms with Gasteiger partial charge in [0.25, 0.3) is 11.5 Å². The molecule has 33 heavy (non-hydrogen) atoms. The summed E-state index contributed by atoms with van der Waals surface area (Å²) in [4.78, 5) is 29.1. The van der Waals surface area contributed by atoms with Crippen molar-refractivity contribution in [1.82, 2.24) is 19.3 Å². The first-order valence-electron chi connectivity index (χ1n) is 10.3. The van der Waals surface area contributed by atoms with Gasteiger partial charge in [-0.3, -0.25) is 9.59 Å². The number of hydrogen-bond donors (Lipinski definition) is 2. The number of benzene rings is 2. The molecule has 2 aromatic heterocycles. The first kappa shape index (κ1) is 22.3. The van der Waals surface area contributed by atoms with Crippen LogP contribution in [-0.2, 0) is 19.1 Å². The van der Waals surface area contributed by atoms with E-state index in [-0.39, 0.29) is 22.3 Å². The molecule has 170 valence electrons. The largest absolute Gasteiger partial charge is 0.392 e. The molecule has 0 fully saturated rings. The molecule has 4 rings (SSSR count). The summed E-state index contributed by atoms with van der Waals surface area (Å²) in [6.45, 7) is 5.44. The topological polar surface area (TPSA) is 116 Å². The van der Waals surface area contributed by atoms with Crippen LogP contribution in [0.3, 0.4) is 0 Å². The third-order valence-electron chi connectivity index (χ3n) is 5.62. The highest BCUT2D eigenvalue weighted by molar-refractivity contribution is 5.90. The Bertz CT molecular complexity index is 1460. The third-order valence-corrected chi connectivity index (χ3v) is 5.62. The number of hydrogen-bond acceptors (Lipinski definition) is 5. The summed E-state index contributed by atoms with van der Waals surface area (Å²) < 4.78 is 17.6. The number of aryl methyl sites for hydroxylation is 1. The van der Waals surface area contributed by atoms with Crippen LogP contribution >= 0.6 is 0 Å². The van der Waals surface area contributed by atoms with E-state index in [0.717, 1.165) is 10.2 Å². The van der Waals surface area contributed by atoms with Crippen LogP contribution in [0.4, 0.5) is 4.39 Å². The van der Waals surface area contributed by atoms with E-state index in [1.165, 1.54) is 16.8 Å². The molecule has 0 radical (unpaired) electrons. The van der Waals surface area contributed by atoms with Crippen molar-refractivity contribution in [3.05, 3.63) is 75.8 Å². The lowest BCUT2D eigenvalue weighted by molar-refractivity contribution is 0.0987. The molecule has 0 saturated carbocycles. The minimum atomic E-state index is -0.692. The molecule has 2 heterocycles. The fourth-order valence-corrected chi connectivity index (χ4v) is 3.84. The lowest BCUT2D eigenvalue weighted by Crippen LogP contribution is -2.24. The zero-order chi connectivity index (χ0) is 24.1. The quantitative estimate of drug-likeness (QED) is 0.497. The predicted molar refractivity (Wildman–Crippen MR) is 123 cm³/mol. The molecule has 4 aromatic rings. The maximum absolute atomic E-state index is 15.0. The number of halogens is 1. The number of nitrogens with zero attached hydrogens (tertiary/aromatic N) is 4. The number of aliphatic hydroxyl groups excluding tert-OH is 1. The number of amides is 1. The summed E-state index contributed by atoms with van der Waals surface area (Å²) in [7, 11) is 1.63. The highest BCUT2D eigenvalue weighted by atomic mass is 19.1. The van der Waals surface area contributed by atoms with Gasteiger partial charge in [0.05, 0.1) is 29.6 Å². The number of nitrogens with two attached hydrogens (primary N) is 1.